The standard InChI is InChI=1S/C23H34ClN3O/c1-15(2)26(16(3)4)12-7-8-22-23-19(11-13-27(22)17(5)28)20-14-18(24)9-10-21(20)25(23)6/h9-10,14-16,22H,7-8,11-13H2,1-6H3. The van der Waals surface area contributed by atoms with E-state index >= 15 is 0 Å². The van der Waals surface area contributed by atoms with Crippen LogP contribution in [0.15, 0.2) is 18.2 Å². The third kappa shape index (κ3) is 3.95. The fourth-order valence-corrected chi connectivity index (χ4v) is 5.16. The van der Waals surface area contributed by atoms with E-state index in [1.54, 1.807) is 6.92 Å². The van der Waals surface area contributed by atoms with Gasteiger partial charge in [-0.3, -0.25) is 9.69 Å². The summed E-state index contributed by atoms with van der Waals surface area (Å²) in [5.41, 5.74) is 3.86. The Morgan fingerprint density at radius 1 is 1.25 bits per heavy atom. The Morgan fingerprint density at radius 3 is 2.54 bits per heavy atom. The smallest absolute Gasteiger partial charge is 0.220 e. The van der Waals surface area contributed by atoms with E-state index in [0.29, 0.717) is 12.1 Å². The van der Waals surface area contributed by atoms with Crippen molar-refractivity contribution in [2.24, 2.45) is 7.05 Å². The number of fused-ring (bicyclic) bond motifs is 3. The van der Waals surface area contributed by atoms with Gasteiger partial charge in [0.15, 0.2) is 0 Å². The lowest BCUT2D eigenvalue weighted by atomic mass is 9.94. The van der Waals surface area contributed by atoms with Crippen LogP contribution in [0.25, 0.3) is 10.9 Å². The van der Waals surface area contributed by atoms with Crippen molar-refractivity contribution in [3.05, 3.63) is 34.5 Å². The summed E-state index contributed by atoms with van der Waals surface area (Å²) in [4.78, 5) is 17.0. The molecule has 1 aromatic heterocycles. The highest BCUT2D eigenvalue weighted by Gasteiger charge is 2.33. The summed E-state index contributed by atoms with van der Waals surface area (Å²) in [5.74, 6) is 0.170. The minimum absolute atomic E-state index is 0.138. The van der Waals surface area contributed by atoms with Crippen molar-refractivity contribution in [2.45, 2.75) is 72.0 Å². The molecule has 0 bridgehead atoms. The Kier molecular flexibility index (Phi) is 6.41. The van der Waals surface area contributed by atoms with E-state index in [-0.39, 0.29) is 11.9 Å². The molecule has 1 aliphatic rings. The van der Waals surface area contributed by atoms with Crippen LogP contribution in [0.1, 0.15) is 64.8 Å². The maximum atomic E-state index is 12.4. The predicted octanol–water partition coefficient (Wildman–Crippen LogP) is 5.18. The third-order valence-corrected chi connectivity index (χ3v) is 6.47. The highest BCUT2D eigenvalue weighted by atomic mass is 35.5. The average Bonchev–Trinajstić information content (AvgIpc) is 2.90. The molecule has 0 aliphatic carbocycles. The van der Waals surface area contributed by atoms with E-state index < -0.39 is 0 Å². The second-order valence-electron chi connectivity index (χ2n) is 8.63. The van der Waals surface area contributed by atoms with Gasteiger partial charge in [0.25, 0.3) is 0 Å². The first-order valence-corrected chi connectivity index (χ1v) is 10.9. The Morgan fingerprint density at radius 2 is 1.93 bits per heavy atom. The second kappa shape index (κ2) is 8.46. The molecule has 2 aromatic rings. The maximum Gasteiger partial charge on any atom is 0.220 e. The number of nitrogens with zero attached hydrogens (tertiary/aromatic N) is 3. The zero-order chi connectivity index (χ0) is 20.6. The SMILES string of the molecule is CC(=O)N1CCc2c(n(C)c3ccc(Cl)cc23)C1CCCN(C(C)C)C(C)C. The summed E-state index contributed by atoms with van der Waals surface area (Å²) >= 11 is 6.28. The van der Waals surface area contributed by atoms with E-state index in [2.05, 4.69) is 61.2 Å². The van der Waals surface area contributed by atoms with Crippen LogP contribution in [0.4, 0.5) is 0 Å². The van der Waals surface area contributed by atoms with E-state index in [1.165, 1.54) is 22.2 Å². The number of carbonyl (C=O) groups excluding carboxylic acids is 1. The molecular formula is C23H34ClN3O. The molecular weight excluding hydrogens is 370 g/mol. The van der Waals surface area contributed by atoms with Crippen LogP contribution in [-0.2, 0) is 18.3 Å². The molecule has 0 spiro atoms. The van der Waals surface area contributed by atoms with Gasteiger partial charge in [0.2, 0.25) is 5.91 Å². The van der Waals surface area contributed by atoms with E-state index in [4.69, 9.17) is 11.6 Å². The van der Waals surface area contributed by atoms with Crippen LogP contribution in [-0.4, -0.2) is 45.4 Å². The van der Waals surface area contributed by atoms with Crippen molar-refractivity contribution in [1.29, 1.82) is 0 Å². The number of aromatic nitrogens is 1. The molecule has 2 heterocycles. The highest BCUT2D eigenvalue weighted by Crippen LogP contribution is 2.39. The molecule has 0 saturated heterocycles. The normalized spacial score (nSPS) is 17.2. The van der Waals surface area contributed by atoms with Crippen LogP contribution >= 0.6 is 11.6 Å². The van der Waals surface area contributed by atoms with Gasteiger partial charge in [-0.25, -0.2) is 0 Å². The topological polar surface area (TPSA) is 28.5 Å². The lowest BCUT2D eigenvalue weighted by Crippen LogP contribution is -2.41. The lowest BCUT2D eigenvalue weighted by molar-refractivity contribution is -0.132. The quantitative estimate of drug-likeness (QED) is 0.665. The van der Waals surface area contributed by atoms with Gasteiger partial charge in [-0.15, -0.1) is 0 Å². The summed E-state index contributed by atoms with van der Waals surface area (Å²) < 4.78 is 2.28. The zero-order valence-electron chi connectivity index (χ0n) is 18.1. The van der Waals surface area contributed by atoms with Crippen molar-refractivity contribution >= 4 is 28.4 Å². The monoisotopic (exact) mass is 403 g/mol. The molecule has 1 atom stereocenters. The lowest BCUT2D eigenvalue weighted by Gasteiger charge is -2.37. The molecule has 0 N–H and O–H groups in total. The van der Waals surface area contributed by atoms with Gasteiger partial charge in [0.1, 0.15) is 0 Å². The zero-order valence-corrected chi connectivity index (χ0v) is 18.9. The molecule has 1 aromatic carbocycles. The molecule has 3 rings (SSSR count). The molecule has 1 amide bonds. The number of carbonyl (C=O) groups is 1. The Balaban J connectivity index is 1.92. The summed E-state index contributed by atoms with van der Waals surface area (Å²) in [6.45, 7) is 12.6. The Labute approximate surface area is 174 Å². The molecule has 4 nitrogen and oxygen atoms in total. The Hall–Kier alpha value is -1.52. The van der Waals surface area contributed by atoms with Crippen molar-refractivity contribution in [1.82, 2.24) is 14.4 Å². The fourth-order valence-electron chi connectivity index (χ4n) is 4.99. The van der Waals surface area contributed by atoms with Gasteiger partial charge in [0, 0.05) is 54.2 Å². The van der Waals surface area contributed by atoms with Crippen LogP contribution in [0.5, 0.6) is 0 Å². The number of hydrogen-bond donors (Lipinski definition) is 0. The molecule has 1 unspecified atom stereocenters. The summed E-state index contributed by atoms with van der Waals surface area (Å²) in [5, 5.41) is 2.01. The minimum atomic E-state index is 0.138. The van der Waals surface area contributed by atoms with Crippen molar-refractivity contribution in [2.75, 3.05) is 13.1 Å². The third-order valence-electron chi connectivity index (χ3n) is 6.24. The number of aryl methyl sites for hydroxylation is 1. The molecule has 154 valence electrons. The first-order chi connectivity index (χ1) is 13.2. The van der Waals surface area contributed by atoms with Crippen LogP contribution in [0, 0.1) is 0 Å². The number of benzene rings is 1. The highest BCUT2D eigenvalue weighted by molar-refractivity contribution is 6.31. The minimum Gasteiger partial charge on any atom is -0.346 e. The molecule has 1 aliphatic heterocycles. The number of halogens is 1. The van der Waals surface area contributed by atoms with E-state index in [9.17, 15) is 4.79 Å². The average molecular weight is 404 g/mol. The largest absolute Gasteiger partial charge is 0.346 e. The second-order valence-corrected chi connectivity index (χ2v) is 9.07. The number of amides is 1. The van der Waals surface area contributed by atoms with Gasteiger partial charge in [-0.05, 0) is 77.3 Å². The maximum absolute atomic E-state index is 12.4. The van der Waals surface area contributed by atoms with Gasteiger partial charge < -0.3 is 9.47 Å². The molecule has 0 saturated carbocycles. The van der Waals surface area contributed by atoms with Crippen molar-refractivity contribution in [3.8, 4) is 0 Å². The summed E-state index contributed by atoms with van der Waals surface area (Å²) in [6.07, 6.45) is 2.96. The molecule has 0 fully saturated rings. The van der Waals surface area contributed by atoms with Crippen molar-refractivity contribution < 1.29 is 4.79 Å². The number of rotatable bonds is 6. The number of hydrogen-bond acceptors (Lipinski definition) is 2. The molecule has 28 heavy (non-hydrogen) atoms. The van der Waals surface area contributed by atoms with Gasteiger partial charge in [-0.1, -0.05) is 11.6 Å². The molecule has 0 radical (unpaired) electrons. The fraction of sp³-hybridized carbons (Fsp3) is 0.609. The Bertz CT molecular complexity index is 847. The van der Waals surface area contributed by atoms with E-state index in [1.807, 2.05) is 6.07 Å². The van der Waals surface area contributed by atoms with Crippen molar-refractivity contribution in [3.63, 3.8) is 0 Å². The first kappa shape index (κ1) is 21.2. The van der Waals surface area contributed by atoms with Crippen LogP contribution in [0.3, 0.4) is 0 Å². The van der Waals surface area contributed by atoms with Crippen LogP contribution in [0.2, 0.25) is 5.02 Å². The van der Waals surface area contributed by atoms with Gasteiger partial charge in [0.05, 0.1) is 6.04 Å². The van der Waals surface area contributed by atoms with Gasteiger partial charge in [-0.2, -0.15) is 0 Å². The first-order valence-electron chi connectivity index (χ1n) is 10.5. The van der Waals surface area contributed by atoms with Crippen LogP contribution < -0.4 is 0 Å². The van der Waals surface area contributed by atoms with E-state index in [0.717, 1.165) is 37.4 Å². The molecule has 5 heteroatoms. The van der Waals surface area contributed by atoms with Gasteiger partial charge >= 0.3 is 0 Å². The summed E-state index contributed by atoms with van der Waals surface area (Å²) in [7, 11) is 2.13. The summed E-state index contributed by atoms with van der Waals surface area (Å²) in [6, 6.07) is 7.34. The predicted molar refractivity (Wildman–Crippen MR) is 118 cm³/mol.